The van der Waals surface area contributed by atoms with Crippen LogP contribution in [0.25, 0.3) is 10.4 Å². The number of aromatic nitrogens is 1. The molecule has 1 fully saturated rings. The maximum Gasteiger partial charge on any atom is 0.244 e. The molecule has 1 aliphatic heterocycles. The van der Waals surface area contributed by atoms with Crippen molar-refractivity contribution in [1.29, 1.82) is 0 Å². The molecule has 8 heteroatoms. The SMILES string of the molecule is Cc1[c]ccc(-c2cnc(NCCC3CCCCN3S(=O)(=O)c3ccsc3)s2)c1. The lowest BCUT2D eigenvalue weighted by Gasteiger charge is -2.34. The number of hydrogen-bond acceptors (Lipinski definition) is 6. The second kappa shape index (κ2) is 8.95. The lowest BCUT2D eigenvalue weighted by atomic mass is 10.0. The summed E-state index contributed by atoms with van der Waals surface area (Å²) < 4.78 is 27.7. The Bertz CT molecular complexity index is 1040. The van der Waals surface area contributed by atoms with Crippen LogP contribution in [0, 0.1) is 13.0 Å². The van der Waals surface area contributed by atoms with Crippen LogP contribution in [0.15, 0.2) is 46.1 Å². The molecular formula is C21H24N3O2S3. The van der Waals surface area contributed by atoms with Crippen molar-refractivity contribution < 1.29 is 8.42 Å². The molecule has 1 radical (unpaired) electrons. The second-order valence-corrected chi connectivity index (χ2v) is 10.9. The highest BCUT2D eigenvalue weighted by atomic mass is 32.2. The fraction of sp³-hybridized carbons (Fsp3) is 0.381. The van der Waals surface area contributed by atoms with E-state index in [1.54, 1.807) is 27.1 Å². The predicted molar refractivity (Wildman–Crippen MR) is 120 cm³/mol. The minimum absolute atomic E-state index is 0.0351. The fourth-order valence-electron chi connectivity index (χ4n) is 3.69. The summed E-state index contributed by atoms with van der Waals surface area (Å²) in [6.45, 7) is 3.34. The van der Waals surface area contributed by atoms with E-state index in [1.165, 1.54) is 11.3 Å². The molecule has 1 N–H and O–H groups in total. The average molecular weight is 447 g/mol. The van der Waals surface area contributed by atoms with Crippen molar-refractivity contribution in [2.45, 2.75) is 43.5 Å². The zero-order chi connectivity index (χ0) is 20.3. The molecule has 3 aromatic rings. The van der Waals surface area contributed by atoms with E-state index >= 15 is 0 Å². The first-order valence-corrected chi connectivity index (χ1v) is 13.0. The molecule has 1 aliphatic rings. The number of anilines is 1. The Morgan fingerprint density at radius 3 is 3.03 bits per heavy atom. The number of nitrogens with zero attached hydrogens (tertiary/aromatic N) is 2. The minimum atomic E-state index is -3.40. The van der Waals surface area contributed by atoms with Crippen molar-refractivity contribution in [2.75, 3.05) is 18.4 Å². The molecule has 0 aliphatic carbocycles. The normalized spacial score (nSPS) is 18.0. The highest BCUT2D eigenvalue weighted by molar-refractivity contribution is 7.89. The lowest BCUT2D eigenvalue weighted by molar-refractivity contribution is 0.244. The number of sulfonamides is 1. The molecule has 5 nitrogen and oxygen atoms in total. The minimum Gasteiger partial charge on any atom is -0.361 e. The first kappa shape index (κ1) is 20.5. The van der Waals surface area contributed by atoms with Gasteiger partial charge >= 0.3 is 0 Å². The monoisotopic (exact) mass is 446 g/mol. The van der Waals surface area contributed by atoms with Gasteiger partial charge in [0, 0.05) is 30.7 Å². The average Bonchev–Trinajstić information content (AvgIpc) is 3.41. The number of rotatable bonds is 7. The number of benzene rings is 1. The summed E-state index contributed by atoms with van der Waals surface area (Å²) in [7, 11) is -3.40. The smallest absolute Gasteiger partial charge is 0.244 e. The highest BCUT2D eigenvalue weighted by Gasteiger charge is 2.33. The van der Waals surface area contributed by atoms with E-state index in [2.05, 4.69) is 22.4 Å². The van der Waals surface area contributed by atoms with Gasteiger partial charge < -0.3 is 5.32 Å². The van der Waals surface area contributed by atoms with Gasteiger partial charge in [-0.1, -0.05) is 29.9 Å². The van der Waals surface area contributed by atoms with Gasteiger partial charge in [-0.2, -0.15) is 15.6 Å². The van der Waals surface area contributed by atoms with E-state index < -0.39 is 10.0 Å². The van der Waals surface area contributed by atoms with Crippen LogP contribution in [-0.2, 0) is 10.0 Å². The Balaban J connectivity index is 1.38. The third kappa shape index (κ3) is 4.71. The summed E-state index contributed by atoms with van der Waals surface area (Å²) in [5, 5.41) is 7.79. The summed E-state index contributed by atoms with van der Waals surface area (Å²) in [6, 6.07) is 11.0. The Morgan fingerprint density at radius 2 is 2.24 bits per heavy atom. The number of aryl methyl sites for hydroxylation is 1. The largest absolute Gasteiger partial charge is 0.361 e. The molecule has 1 aromatic carbocycles. The van der Waals surface area contributed by atoms with Crippen LogP contribution in [0.1, 0.15) is 31.2 Å². The third-order valence-electron chi connectivity index (χ3n) is 5.16. The van der Waals surface area contributed by atoms with E-state index in [0.717, 1.165) is 46.8 Å². The first-order valence-electron chi connectivity index (χ1n) is 9.76. The maximum absolute atomic E-state index is 13.0. The van der Waals surface area contributed by atoms with E-state index in [-0.39, 0.29) is 6.04 Å². The molecule has 0 amide bonds. The number of hydrogen-bond donors (Lipinski definition) is 1. The van der Waals surface area contributed by atoms with Crippen LogP contribution in [-0.4, -0.2) is 36.8 Å². The Morgan fingerprint density at radius 1 is 1.34 bits per heavy atom. The molecule has 1 saturated heterocycles. The summed E-state index contributed by atoms with van der Waals surface area (Å²) >= 11 is 3.04. The quantitative estimate of drug-likeness (QED) is 0.553. The highest BCUT2D eigenvalue weighted by Crippen LogP contribution is 2.30. The van der Waals surface area contributed by atoms with Crippen molar-refractivity contribution in [2.24, 2.45) is 0 Å². The van der Waals surface area contributed by atoms with E-state index in [0.29, 0.717) is 18.0 Å². The molecule has 0 saturated carbocycles. The van der Waals surface area contributed by atoms with Crippen molar-refractivity contribution in [3.05, 3.63) is 52.9 Å². The van der Waals surface area contributed by atoms with Gasteiger partial charge in [-0.25, -0.2) is 13.4 Å². The topological polar surface area (TPSA) is 62.3 Å². The Kier molecular flexibility index (Phi) is 6.34. The van der Waals surface area contributed by atoms with Gasteiger partial charge in [0.1, 0.15) is 0 Å². The van der Waals surface area contributed by atoms with Gasteiger partial charge in [0.15, 0.2) is 5.13 Å². The Labute approximate surface area is 180 Å². The Hall–Kier alpha value is -1.74. The third-order valence-corrected chi connectivity index (χ3v) is 8.95. The van der Waals surface area contributed by atoms with Gasteiger partial charge in [-0.05, 0) is 60.9 Å². The molecule has 0 spiro atoms. The van der Waals surface area contributed by atoms with Gasteiger partial charge in [0.05, 0.1) is 9.77 Å². The van der Waals surface area contributed by atoms with Gasteiger partial charge in [-0.3, -0.25) is 0 Å². The number of thiophene rings is 1. The fourth-order valence-corrected chi connectivity index (χ4v) is 7.26. The molecule has 4 rings (SSSR count). The standard InChI is InChI=1S/C21H24N3O2S3/c1-16-5-4-6-17(13-16)20-14-23-21(28-20)22-10-8-18-7-2-3-11-24(18)29(25,26)19-9-12-27-15-19/h4,6,9,12-15,18H,2-3,7-8,10-11H2,1H3,(H,22,23). The van der Waals surface area contributed by atoms with E-state index in [9.17, 15) is 8.42 Å². The second-order valence-electron chi connectivity index (χ2n) is 7.23. The van der Waals surface area contributed by atoms with Crippen molar-refractivity contribution in [3.63, 3.8) is 0 Å². The van der Waals surface area contributed by atoms with Gasteiger partial charge in [0.25, 0.3) is 0 Å². The van der Waals surface area contributed by atoms with Crippen molar-refractivity contribution in [1.82, 2.24) is 9.29 Å². The molecule has 3 heterocycles. The van der Waals surface area contributed by atoms with Crippen LogP contribution in [0.4, 0.5) is 5.13 Å². The van der Waals surface area contributed by atoms with Gasteiger partial charge in [-0.15, -0.1) is 0 Å². The van der Waals surface area contributed by atoms with Crippen LogP contribution >= 0.6 is 22.7 Å². The summed E-state index contributed by atoms with van der Waals surface area (Å²) in [4.78, 5) is 6.01. The molecule has 153 valence electrons. The zero-order valence-corrected chi connectivity index (χ0v) is 18.7. The van der Waals surface area contributed by atoms with Gasteiger partial charge in [0.2, 0.25) is 10.0 Å². The summed E-state index contributed by atoms with van der Waals surface area (Å²) in [6.07, 6.45) is 5.57. The lowest BCUT2D eigenvalue weighted by Crippen LogP contribution is -2.44. The van der Waals surface area contributed by atoms with Crippen molar-refractivity contribution in [3.8, 4) is 10.4 Å². The zero-order valence-electron chi connectivity index (χ0n) is 16.3. The summed E-state index contributed by atoms with van der Waals surface area (Å²) in [5.74, 6) is 0. The van der Waals surface area contributed by atoms with Crippen molar-refractivity contribution >= 4 is 37.8 Å². The number of piperidine rings is 1. The van der Waals surface area contributed by atoms with Crippen LogP contribution in [0.2, 0.25) is 0 Å². The van der Waals surface area contributed by atoms with E-state index in [1.807, 2.05) is 30.6 Å². The molecule has 29 heavy (non-hydrogen) atoms. The number of thiazole rings is 1. The first-order chi connectivity index (χ1) is 14.0. The molecule has 2 aromatic heterocycles. The number of nitrogens with one attached hydrogen (secondary N) is 1. The maximum atomic E-state index is 13.0. The van der Waals surface area contributed by atoms with Crippen LogP contribution in [0.3, 0.4) is 0 Å². The molecule has 1 unspecified atom stereocenters. The molecular weight excluding hydrogens is 422 g/mol. The molecule has 0 bridgehead atoms. The predicted octanol–water partition coefficient (Wildman–Crippen LogP) is 5.03. The summed E-state index contributed by atoms with van der Waals surface area (Å²) in [5.41, 5.74) is 2.25. The van der Waals surface area contributed by atoms with Crippen LogP contribution < -0.4 is 5.32 Å². The molecule has 1 atom stereocenters. The van der Waals surface area contributed by atoms with E-state index in [4.69, 9.17) is 0 Å². The van der Waals surface area contributed by atoms with Crippen LogP contribution in [0.5, 0.6) is 0 Å².